The van der Waals surface area contributed by atoms with Gasteiger partial charge in [0, 0.05) is 19.2 Å². The van der Waals surface area contributed by atoms with Crippen LogP contribution in [0.5, 0.6) is 0 Å². The van der Waals surface area contributed by atoms with E-state index in [1.807, 2.05) is 0 Å². The molecule has 1 heterocycles. The first-order valence-corrected chi connectivity index (χ1v) is 7.20. The average Bonchev–Trinajstić information content (AvgIpc) is 3.15. The summed E-state index contributed by atoms with van der Waals surface area (Å²) in [6.45, 7) is 6.64. The molecular formula is C13H21N3OS. The largest absolute Gasteiger partial charge is 0.371 e. The number of anilines is 1. The van der Waals surface area contributed by atoms with Gasteiger partial charge >= 0.3 is 0 Å². The Morgan fingerprint density at radius 1 is 1.44 bits per heavy atom. The highest BCUT2D eigenvalue weighted by Crippen LogP contribution is 2.47. The molecule has 0 aromatic carbocycles. The molecule has 1 aliphatic rings. The number of rotatable bonds is 6. The Morgan fingerprint density at radius 3 is 2.56 bits per heavy atom. The molecule has 5 heteroatoms. The van der Waals surface area contributed by atoms with Crippen molar-refractivity contribution in [3.8, 4) is 0 Å². The third kappa shape index (κ3) is 2.71. The van der Waals surface area contributed by atoms with E-state index in [1.165, 1.54) is 0 Å². The van der Waals surface area contributed by atoms with Gasteiger partial charge in [0.15, 0.2) is 0 Å². The zero-order valence-electron chi connectivity index (χ0n) is 11.1. The van der Waals surface area contributed by atoms with Gasteiger partial charge in [-0.1, -0.05) is 0 Å². The Balaban J connectivity index is 2.17. The van der Waals surface area contributed by atoms with Gasteiger partial charge in [0.2, 0.25) is 0 Å². The van der Waals surface area contributed by atoms with Crippen LogP contribution < -0.4 is 10.5 Å². The summed E-state index contributed by atoms with van der Waals surface area (Å²) in [5.74, 6) is 0.832. The van der Waals surface area contributed by atoms with E-state index in [2.05, 4.69) is 36.5 Å². The van der Waals surface area contributed by atoms with Crippen molar-refractivity contribution < 1.29 is 0 Å². The Bertz CT molecular complexity index is 464. The van der Waals surface area contributed by atoms with Crippen LogP contribution in [0.25, 0.3) is 0 Å². The standard InChI is InChI=1S/C13H21N3OS/c1-3-15(4-2)11-7-12(17)16(14-8-11)9-13(10-18)5-6-13/h7-8,18H,3-6,9-10H2,1-2H3. The molecule has 0 radical (unpaired) electrons. The predicted molar refractivity (Wildman–Crippen MR) is 77.6 cm³/mol. The zero-order chi connectivity index (χ0) is 13.2. The van der Waals surface area contributed by atoms with E-state index in [0.717, 1.165) is 37.4 Å². The van der Waals surface area contributed by atoms with E-state index in [4.69, 9.17) is 0 Å². The van der Waals surface area contributed by atoms with Crippen LogP contribution in [0.3, 0.4) is 0 Å². The molecule has 0 aliphatic heterocycles. The fraction of sp³-hybridized carbons (Fsp3) is 0.692. The zero-order valence-corrected chi connectivity index (χ0v) is 12.0. The van der Waals surface area contributed by atoms with E-state index in [1.54, 1.807) is 16.9 Å². The molecular weight excluding hydrogens is 246 g/mol. The van der Waals surface area contributed by atoms with Crippen LogP contribution in [-0.4, -0.2) is 28.6 Å². The first-order chi connectivity index (χ1) is 8.64. The molecule has 0 amide bonds. The van der Waals surface area contributed by atoms with Crippen molar-refractivity contribution >= 4 is 18.3 Å². The van der Waals surface area contributed by atoms with Crippen LogP contribution in [0.15, 0.2) is 17.1 Å². The molecule has 2 rings (SSSR count). The molecule has 0 unspecified atom stereocenters. The summed E-state index contributed by atoms with van der Waals surface area (Å²) in [5.41, 5.74) is 1.13. The van der Waals surface area contributed by atoms with Crippen LogP contribution in [0, 0.1) is 5.41 Å². The number of aromatic nitrogens is 2. The fourth-order valence-corrected chi connectivity index (χ4v) is 2.58. The van der Waals surface area contributed by atoms with Gasteiger partial charge in [-0.3, -0.25) is 4.79 Å². The van der Waals surface area contributed by atoms with E-state index >= 15 is 0 Å². The van der Waals surface area contributed by atoms with Gasteiger partial charge < -0.3 is 4.90 Å². The number of thiol groups is 1. The van der Waals surface area contributed by atoms with Crippen molar-refractivity contribution in [3.63, 3.8) is 0 Å². The minimum Gasteiger partial charge on any atom is -0.371 e. The summed E-state index contributed by atoms with van der Waals surface area (Å²) in [7, 11) is 0. The van der Waals surface area contributed by atoms with E-state index in [-0.39, 0.29) is 11.0 Å². The fourth-order valence-electron chi connectivity index (χ4n) is 2.17. The lowest BCUT2D eigenvalue weighted by Gasteiger charge is -2.21. The predicted octanol–water partition coefficient (Wildman–Crippen LogP) is 1.80. The number of hydrogen-bond acceptors (Lipinski definition) is 4. The summed E-state index contributed by atoms with van der Waals surface area (Å²) in [6.07, 6.45) is 4.10. The van der Waals surface area contributed by atoms with Crippen LogP contribution >= 0.6 is 12.6 Å². The second kappa shape index (κ2) is 5.34. The van der Waals surface area contributed by atoms with E-state index in [9.17, 15) is 4.79 Å². The van der Waals surface area contributed by atoms with Crippen LogP contribution in [-0.2, 0) is 6.54 Å². The highest BCUT2D eigenvalue weighted by Gasteiger charge is 2.42. The van der Waals surface area contributed by atoms with Gasteiger partial charge in [0.05, 0.1) is 18.4 Å². The summed E-state index contributed by atoms with van der Waals surface area (Å²) in [6, 6.07) is 1.69. The number of nitrogens with zero attached hydrogens (tertiary/aromatic N) is 3. The Morgan fingerprint density at radius 2 is 2.11 bits per heavy atom. The van der Waals surface area contributed by atoms with Gasteiger partial charge in [0.25, 0.3) is 5.56 Å². The van der Waals surface area contributed by atoms with E-state index < -0.39 is 0 Å². The Kier molecular flexibility index (Phi) is 4.00. The maximum absolute atomic E-state index is 12.0. The Hall–Kier alpha value is -0.970. The molecule has 100 valence electrons. The van der Waals surface area contributed by atoms with Gasteiger partial charge in [0.1, 0.15) is 0 Å². The van der Waals surface area contributed by atoms with Crippen molar-refractivity contribution in [1.82, 2.24) is 9.78 Å². The molecule has 1 saturated carbocycles. The molecule has 0 bridgehead atoms. The third-order valence-electron chi connectivity index (χ3n) is 3.76. The minimum atomic E-state index is -0.00698. The summed E-state index contributed by atoms with van der Waals surface area (Å²) in [4.78, 5) is 14.2. The second-order valence-corrected chi connectivity index (χ2v) is 5.36. The molecule has 1 aromatic heterocycles. The number of hydrogen-bond donors (Lipinski definition) is 1. The smallest absolute Gasteiger partial charge is 0.268 e. The molecule has 1 fully saturated rings. The normalized spacial score (nSPS) is 16.6. The molecule has 0 saturated heterocycles. The maximum Gasteiger partial charge on any atom is 0.268 e. The second-order valence-electron chi connectivity index (χ2n) is 5.04. The first kappa shape index (κ1) is 13.5. The summed E-state index contributed by atoms with van der Waals surface area (Å²) >= 11 is 4.36. The van der Waals surface area contributed by atoms with E-state index in [0.29, 0.717) is 6.54 Å². The topological polar surface area (TPSA) is 38.1 Å². The van der Waals surface area contributed by atoms with Gasteiger partial charge in [-0.05, 0) is 37.9 Å². The van der Waals surface area contributed by atoms with Crippen molar-refractivity contribution in [2.75, 3.05) is 23.7 Å². The van der Waals surface area contributed by atoms with Crippen molar-refractivity contribution in [3.05, 3.63) is 22.6 Å². The molecule has 0 N–H and O–H groups in total. The highest BCUT2D eigenvalue weighted by atomic mass is 32.1. The lowest BCUT2D eigenvalue weighted by atomic mass is 10.1. The molecule has 1 aliphatic carbocycles. The maximum atomic E-state index is 12.0. The third-order valence-corrected chi connectivity index (χ3v) is 4.43. The van der Waals surface area contributed by atoms with Crippen molar-refractivity contribution in [2.24, 2.45) is 5.41 Å². The Labute approximate surface area is 113 Å². The van der Waals surface area contributed by atoms with Crippen molar-refractivity contribution in [2.45, 2.75) is 33.2 Å². The molecule has 1 aromatic rings. The SMILES string of the molecule is CCN(CC)c1cnn(CC2(CS)CC2)c(=O)c1. The average molecular weight is 267 g/mol. The monoisotopic (exact) mass is 267 g/mol. The van der Waals surface area contributed by atoms with Crippen LogP contribution in [0.1, 0.15) is 26.7 Å². The summed E-state index contributed by atoms with van der Waals surface area (Å²) in [5, 5.41) is 4.30. The van der Waals surface area contributed by atoms with Crippen LogP contribution in [0.2, 0.25) is 0 Å². The van der Waals surface area contributed by atoms with Crippen LogP contribution in [0.4, 0.5) is 5.69 Å². The summed E-state index contributed by atoms with van der Waals surface area (Å²) < 4.78 is 1.58. The lowest BCUT2D eigenvalue weighted by Crippen LogP contribution is -2.30. The molecule has 18 heavy (non-hydrogen) atoms. The lowest BCUT2D eigenvalue weighted by molar-refractivity contribution is 0.424. The highest BCUT2D eigenvalue weighted by molar-refractivity contribution is 7.80. The van der Waals surface area contributed by atoms with Crippen molar-refractivity contribution in [1.29, 1.82) is 0 Å². The molecule has 0 atom stereocenters. The molecule has 4 nitrogen and oxygen atoms in total. The minimum absolute atomic E-state index is 0.00698. The molecule has 0 spiro atoms. The van der Waals surface area contributed by atoms with Gasteiger partial charge in [-0.2, -0.15) is 17.7 Å². The van der Waals surface area contributed by atoms with Gasteiger partial charge in [-0.25, -0.2) is 4.68 Å². The first-order valence-electron chi connectivity index (χ1n) is 6.57. The van der Waals surface area contributed by atoms with Gasteiger partial charge in [-0.15, -0.1) is 0 Å². The quantitative estimate of drug-likeness (QED) is 0.799.